The van der Waals surface area contributed by atoms with Gasteiger partial charge in [-0.25, -0.2) is 0 Å². The molecule has 0 bridgehead atoms. The fourth-order valence-electron chi connectivity index (χ4n) is 1.57. The average Bonchev–Trinajstić information content (AvgIpc) is 2.12. The first-order valence-corrected chi connectivity index (χ1v) is 4.86. The van der Waals surface area contributed by atoms with E-state index in [1.807, 2.05) is 12.2 Å². The standard InChI is InChI=1S/C12H14O.2CH4.2W/c1-9-5-6-10(9)3-2-4-11-7-8-12(11)13;;;;/h2-4H,5-8H2,1H3;2*1H4;;. The van der Waals surface area contributed by atoms with E-state index in [0.29, 0.717) is 5.78 Å². The molecule has 0 aromatic heterocycles. The van der Waals surface area contributed by atoms with Crippen molar-refractivity contribution >= 4 is 5.78 Å². The van der Waals surface area contributed by atoms with Crippen LogP contribution in [0.2, 0.25) is 0 Å². The second-order valence-corrected chi connectivity index (χ2v) is 3.78. The maximum absolute atomic E-state index is 10.9. The first-order valence-electron chi connectivity index (χ1n) is 4.86. The van der Waals surface area contributed by atoms with Crippen LogP contribution >= 0.6 is 0 Å². The molecule has 0 N–H and O–H groups in total. The number of rotatable bonds is 2. The average molecular weight is 574 g/mol. The van der Waals surface area contributed by atoms with Crippen LogP contribution in [0.5, 0.6) is 0 Å². The van der Waals surface area contributed by atoms with Crippen molar-refractivity contribution < 1.29 is 46.9 Å². The zero-order chi connectivity index (χ0) is 9.26. The van der Waals surface area contributed by atoms with Gasteiger partial charge in [-0.05, 0) is 37.3 Å². The number of hydrogen-bond donors (Lipinski definition) is 0. The molecule has 17 heavy (non-hydrogen) atoms. The number of carbonyl (C=O) groups excluding carboxylic acids is 1. The van der Waals surface area contributed by atoms with E-state index in [-0.39, 0.29) is 57.0 Å². The zero-order valence-corrected chi connectivity index (χ0v) is 14.7. The predicted octanol–water partition coefficient (Wildman–Crippen LogP) is 4.21. The van der Waals surface area contributed by atoms with Crippen LogP contribution in [0.4, 0.5) is 0 Å². The van der Waals surface area contributed by atoms with Crippen LogP contribution in [-0.4, -0.2) is 5.78 Å². The van der Waals surface area contributed by atoms with Crippen molar-refractivity contribution in [3.8, 4) is 0 Å². The molecule has 0 amide bonds. The van der Waals surface area contributed by atoms with Gasteiger partial charge in [0.05, 0.1) is 0 Å². The van der Waals surface area contributed by atoms with Crippen molar-refractivity contribution in [1.29, 1.82) is 0 Å². The van der Waals surface area contributed by atoms with Crippen LogP contribution in [0, 0.1) is 0 Å². The van der Waals surface area contributed by atoms with Crippen LogP contribution < -0.4 is 0 Å². The molecule has 0 heterocycles. The third-order valence-electron chi connectivity index (χ3n) is 2.89. The Labute approximate surface area is 134 Å². The maximum Gasteiger partial charge on any atom is 0.159 e. The summed E-state index contributed by atoms with van der Waals surface area (Å²) in [6.07, 6.45) is 10.3. The minimum absolute atomic E-state index is 0. The zero-order valence-electron chi connectivity index (χ0n) is 8.79. The van der Waals surface area contributed by atoms with E-state index in [1.54, 1.807) is 0 Å². The fourth-order valence-corrected chi connectivity index (χ4v) is 1.57. The number of carbonyl (C=O) groups is 1. The van der Waals surface area contributed by atoms with E-state index in [2.05, 4.69) is 13.0 Å². The molecule has 1 saturated carbocycles. The summed E-state index contributed by atoms with van der Waals surface area (Å²) in [5.74, 6) is 0.323. The first kappa shape index (κ1) is 22.4. The van der Waals surface area contributed by atoms with Gasteiger partial charge in [-0.15, -0.1) is 0 Å². The Hall–Kier alpha value is 0.267. The molecule has 0 spiro atoms. The van der Waals surface area contributed by atoms with Crippen molar-refractivity contribution in [1.82, 2.24) is 0 Å². The Morgan fingerprint density at radius 2 is 1.65 bits per heavy atom. The van der Waals surface area contributed by atoms with Gasteiger partial charge in [0.25, 0.3) is 0 Å². The van der Waals surface area contributed by atoms with E-state index in [0.717, 1.165) is 18.4 Å². The second-order valence-electron chi connectivity index (χ2n) is 3.78. The first-order chi connectivity index (χ1) is 6.27. The van der Waals surface area contributed by atoms with E-state index < -0.39 is 0 Å². The second kappa shape index (κ2) is 10.2. The Morgan fingerprint density at radius 1 is 1.00 bits per heavy atom. The molecule has 2 aliphatic rings. The number of ketones is 1. The summed E-state index contributed by atoms with van der Waals surface area (Å²) in [4.78, 5) is 10.9. The molecule has 0 aromatic rings. The third-order valence-corrected chi connectivity index (χ3v) is 2.89. The number of allylic oxidation sites excluding steroid dienone is 6. The van der Waals surface area contributed by atoms with Crippen LogP contribution in [0.15, 0.2) is 34.9 Å². The van der Waals surface area contributed by atoms with Crippen LogP contribution in [0.3, 0.4) is 0 Å². The van der Waals surface area contributed by atoms with Crippen LogP contribution in [0.25, 0.3) is 0 Å². The molecular weight excluding hydrogens is 552 g/mol. The van der Waals surface area contributed by atoms with E-state index in [1.165, 1.54) is 24.0 Å². The largest absolute Gasteiger partial charge is 0.295 e. The fraction of sp³-hybridized carbons (Fsp3) is 0.500. The maximum atomic E-state index is 10.9. The molecule has 0 unspecified atom stereocenters. The summed E-state index contributed by atoms with van der Waals surface area (Å²) in [5.41, 5.74) is 3.94. The quantitative estimate of drug-likeness (QED) is 0.453. The molecular formula is C14H22OW2. The van der Waals surface area contributed by atoms with Crippen molar-refractivity contribution in [2.24, 2.45) is 0 Å². The van der Waals surface area contributed by atoms with Crippen LogP contribution in [0.1, 0.15) is 47.5 Å². The number of Topliss-reactive ketones (excluding diaryl/α,β-unsaturated/α-hetero) is 1. The molecule has 0 saturated heterocycles. The molecule has 0 atom stereocenters. The van der Waals surface area contributed by atoms with E-state index >= 15 is 0 Å². The smallest absolute Gasteiger partial charge is 0.159 e. The molecule has 3 heteroatoms. The van der Waals surface area contributed by atoms with Gasteiger partial charge in [-0.3, -0.25) is 4.79 Å². The van der Waals surface area contributed by atoms with E-state index in [9.17, 15) is 4.79 Å². The van der Waals surface area contributed by atoms with Crippen molar-refractivity contribution in [2.75, 3.05) is 0 Å². The number of hydrogen-bond acceptors (Lipinski definition) is 1. The molecule has 0 aliphatic heterocycles. The van der Waals surface area contributed by atoms with E-state index in [4.69, 9.17) is 0 Å². The van der Waals surface area contributed by atoms with Gasteiger partial charge in [-0.2, -0.15) is 0 Å². The van der Waals surface area contributed by atoms with Gasteiger partial charge in [0.1, 0.15) is 0 Å². The monoisotopic (exact) mass is 574 g/mol. The molecule has 96 valence electrons. The molecule has 1 fully saturated rings. The Balaban J connectivity index is -0.000000490. The third kappa shape index (κ3) is 5.62. The van der Waals surface area contributed by atoms with Crippen molar-refractivity contribution in [3.63, 3.8) is 0 Å². The van der Waals surface area contributed by atoms with Gasteiger partial charge in [0.15, 0.2) is 5.78 Å². The Morgan fingerprint density at radius 3 is 1.94 bits per heavy atom. The SMILES string of the molecule is C.C.CC1=C(C=CC=C2CCC2=O)CC1.[W].[W]. The van der Waals surface area contributed by atoms with Gasteiger partial charge < -0.3 is 0 Å². The van der Waals surface area contributed by atoms with Crippen molar-refractivity contribution in [2.45, 2.75) is 47.5 Å². The van der Waals surface area contributed by atoms with Gasteiger partial charge in [-0.1, -0.05) is 38.7 Å². The summed E-state index contributed by atoms with van der Waals surface area (Å²) in [6, 6.07) is 0. The summed E-state index contributed by atoms with van der Waals surface area (Å²) < 4.78 is 0. The van der Waals surface area contributed by atoms with Crippen molar-refractivity contribution in [3.05, 3.63) is 34.9 Å². The topological polar surface area (TPSA) is 17.1 Å². The van der Waals surface area contributed by atoms with Gasteiger partial charge in [0, 0.05) is 48.6 Å². The van der Waals surface area contributed by atoms with Gasteiger partial charge >= 0.3 is 0 Å². The summed E-state index contributed by atoms with van der Waals surface area (Å²) in [7, 11) is 0. The molecule has 0 aromatic carbocycles. The molecule has 0 radical (unpaired) electrons. The molecule has 2 rings (SSSR count). The predicted molar refractivity (Wildman–Crippen MR) is 66.9 cm³/mol. The summed E-state index contributed by atoms with van der Waals surface area (Å²) >= 11 is 0. The molecule has 1 nitrogen and oxygen atoms in total. The Bertz CT molecular complexity index is 338. The Kier molecular flexibility index (Phi) is 13.5. The van der Waals surface area contributed by atoms with Gasteiger partial charge in [0.2, 0.25) is 0 Å². The summed E-state index contributed by atoms with van der Waals surface area (Å²) in [6.45, 7) is 2.17. The van der Waals surface area contributed by atoms with Crippen LogP contribution in [-0.2, 0) is 46.9 Å². The molecule has 2 aliphatic carbocycles. The minimum atomic E-state index is 0. The normalized spacial score (nSPS) is 19.4. The minimum Gasteiger partial charge on any atom is -0.295 e. The summed E-state index contributed by atoms with van der Waals surface area (Å²) in [5, 5.41) is 0.